The zero-order valence-electron chi connectivity index (χ0n) is 7.43. The average molecular weight is 166 g/mol. The van der Waals surface area contributed by atoms with Crippen LogP contribution in [0.5, 0.6) is 0 Å². The first kappa shape index (κ1) is 7.96. The van der Waals surface area contributed by atoms with E-state index in [4.69, 9.17) is 0 Å². The number of ketones is 1. The number of carbonyl (C=O) groups is 2. The van der Waals surface area contributed by atoms with Crippen LogP contribution in [0, 0.1) is 10.8 Å². The van der Waals surface area contributed by atoms with Crippen LogP contribution >= 0.6 is 0 Å². The van der Waals surface area contributed by atoms with Crippen molar-refractivity contribution in [3.63, 3.8) is 0 Å². The van der Waals surface area contributed by atoms with E-state index in [2.05, 4.69) is 0 Å². The molecule has 66 valence electrons. The minimum atomic E-state index is -0.260. The highest BCUT2D eigenvalue weighted by molar-refractivity contribution is 5.91. The summed E-state index contributed by atoms with van der Waals surface area (Å²) in [7, 11) is 0. The van der Waals surface area contributed by atoms with Gasteiger partial charge in [0.25, 0.3) is 0 Å². The van der Waals surface area contributed by atoms with Gasteiger partial charge in [0, 0.05) is 17.3 Å². The van der Waals surface area contributed by atoms with Crippen LogP contribution in [0.3, 0.4) is 0 Å². The Hall–Kier alpha value is -0.660. The molecule has 2 rings (SSSR count). The minimum absolute atomic E-state index is 0.154. The predicted molar refractivity (Wildman–Crippen MR) is 44.7 cm³/mol. The number of aldehydes is 1. The minimum Gasteiger partial charge on any atom is -0.303 e. The van der Waals surface area contributed by atoms with Crippen LogP contribution in [0.1, 0.15) is 39.0 Å². The monoisotopic (exact) mass is 166 g/mol. The van der Waals surface area contributed by atoms with Crippen LogP contribution in [-0.4, -0.2) is 12.1 Å². The van der Waals surface area contributed by atoms with Crippen molar-refractivity contribution in [2.45, 2.75) is 39.0 Å². The lowest BCUT2D eigenvalue weighted by molar-refractivity contribution is -0.125. The summed E-state index contributed by atoms with van der Waals surface area (Å²) in [4.78, 5) is 22.5. The molecule has 2 aliphatic rings. The number of fused-ring (bicyclic) bond motifs is 2. The summed E-state index contributed by atoms with van der Waals surface area (Å²) in [6.07, 6.45) is 5.30. The maximum Gasteiger partial charge on any atom is 0.139 e. The van der Waals surface area contributed by atoms with E-state index in [1.165, 1.54) is 0 Å². The summed E-state index contributed by atoms with van der Waals surface area (Å²) in [6, 6.07) is 0. The normalized spacial score (nSPS) is 46.2. The first-order valence-electron chi connectivity index (χ1n) is 4.60. The van der Waals surface area contributed by atoms with Crippen molar-refractivity contribution < 1.29 is 9.59 Å². The standard InChI is InChI=1S/C10H14O2/c1-9-3-2-4-10(6-9,7-11)5-8(9)12/h7H,2-6H2,1H3. The molecule has 2 aliphatic carbocycles. The maximum absolute atomic E-state index is 11.6. The van der Waals surface area contributed by atoms with Gasteiger partial charge in [0.2, 0.25) is 0 Å². The zero-order valence-corrected chi connectivity index (χ0v) is 7.43. The fourth-order valence-electron chi connectivity index (χ4n) is 2.85. The van der Waals surface area contributed by atoms with Gasteiger partial charge in [0.1, 0.15) is 12.1 Å². The second kappa shape index (κ2) is 2.18. The number of Topliss-reactive ketones (excluding diaryl/α,β-unsaturated/α-hetero) is 1. The highest BCUT2D eigenvalue weighted by Gasteiger charge is 2.53. The van der Waals surface area contributed by atoms with Gasteiger partial charge >= 0.3 is 0 Å². The lowest BCUT2D eigenvalue weighted by Gasteiger charge is -2.31. The van der Waals surface area contributed by atoms with Gasteiger partial charge in [-0.1, -0.05) is 13.3 Å². The van der Waals surface area contributed by atoms with Crippen molar-refractivity contribution in [2.24, 2.45) is 10.8 Å². The molecule has 0 N–H and O–H groups in total. The van der Waals surface area contributed by atoms with Gasteiger partial charge in [-0.25, -0.2) is 0 Å². The first-order chi connectivity index (χ1) is 5.60. The smallest absolute Gasteiger partial charge is 0.139 e. The van der Waals surface area contributed by atoms with Crippen molar-refractivity contribution in [1.82, 2.24) is 0 Å². The molecule has 2 saturated carbocycles. The fraction of sp³-hybridized carbons (Fsp3) is 0.800. The van der Waals surface area contributed by atoms with Crippen molar-refractivity contribution in [3.05, 3.63) is 0 Å². The zero-order chi connectivity index (χ0) is 8.82. The molecule has 2 fully saturated rings. The van der Waals surface area contributed by atoms with E-state index >= 15 is 0 Å². The van der Waals surface area contributed by atoms with E-state index in [-0.39, 0.29) is 10.8 Å². The molecule has 2 unspecified atom stereocenters. The van der Waals surface area contributed by atoms with E-state index in [0.29, 0.717) is 12.2 Å². The Balaban J connectivity index is 2.35. The van der Waals surface area contributed by atoms with Crippen LogP contribution in [0.15, 0.2) is 0 Å². The van der Waals surface area contributed by atoms with Crippen molar-refractivity contribution in [1.29, 1.82) is 0 Å². The van der Waals surface area contributed by atoms with Crippen molar-refractivity contribution >= 4 is 12.1 Å². The van der Waals surface area contributed by atoms with Gasteiger partial charge < -0.3 is 4.79 Å². The molecular formula is C10H14O2. The summed E-state index contributed by atoms with van der Waals surface area (Å²) >= 11 is 0. The molecule has 0 aliphatic heterocycles. The van der Waals surface area contributed by atoms with Gasteiger partial charge in [0.15, 0.2) is 0 Å². The Morgan fingerprint density at radius 3 is 2.75 bits per heavy atom. The van der Waals surface area contributed by atoms with Crippen LogP contribution < -0.4 is 0 Å². The molecule has 12 heavy (non-hydrogen) atoms. The number of hydrogen-bond acceptors (Lipinski definition) is 2. The Labute approximate surface area is 72.3 Å². The van der Waals surface area contributed by atoms with Crippen LogP contribution in [-0.2, 0) is 9.59 Å². The summed E-state index contributed by atoms with van der Waals surface area (Å²) < 4.78 is 0. The second-order valence-electron chi connectivity index (χ2n) is 4.67. The molecular weight excluding hydrogens is 152 g/mol. The lowest BCUT2D eigenvalue weighted by atomic mass is 9.70. The van der Waals surface area contributed by atoms with Gasteiger partial charge in [-0.3, -0.25) is 4.79 Å². The molecule has 2 bridgehead atoms. The maximum atomic E-state index is 11.6. The second-order valence-corrected chi connectivity index (χ2v) is 4.67. The quantitative estimate of drug-likeness (QED) is 0.556. The molecule has 0 spiro atoms. The summed E-state index contributed by atoms with van der Waals surface area (Å²) in [5, 5.41) is 0. The average Bonchev–Trinajstić information content (AvgIpc) is 2.20. The third-order valence-corrected chi connectivity index (χ3v) is 3.58. The van der Waals surface area contributed by atoms with E-state index in [1.54, 1.807) is 0 Å². The fourth-order valence-corrected chi connectivity index (χ4v) is 2.85. The Morgan fingerprint density at radius 1 is 1.42 bits per heavy atom. The Bertz CT molecular complexity index is 246. The van der Waals surface area contributed by atoms with Gasteiger partial charge in [-0.05, 0) is 19.3 Å². The summed E-state index contributed by atoms with van der Waals surface area (Å²) in [6.45, 7) is 2.01. The van der Waals surface area contributed by atoms with Gasteiger partial charge in [-0.2, -0.15) is 0 Å². The molecule has 2 nitrogen and oxygen atoms in total. The molecule has 0 heterocycles. The Kier molecular flexibility index (Phi) is 1.45. The van der Waals surface area contributed by atoms with Gasteiger partial charge in [0.05, 0.1) is 0 Å². The molecule has 0 aromatic carbocycles. The highest BCUT2D eigenvalue weighted by Crippen LogP contribution is 2.54. The molecule has 0 aromatic heterocycles. The van der Waals surface area contributed by atoms with Crippen LogP contribution in [0.25, 0.3) is 0 Å². The molecule has 0 amide bonds. The predicted octanol–water partition coefficient (Wildman–Crippen LogP) is 1.72. The molecule has 2 atom stereocenters. The highest BCUT2D eigenvalue weighted by atomic mass is 16.1. The van der Waals surface area contributed by atoms with E-state index in [1.807, 2.05) is 6.92 Å². The third-order valence-electron chi connectivity index (χ3n) is 3.58. The van der Waals surface area contributed by atoms with E-state index in [9.17, 15) is 9.59 Å². The number of rotatable bonds is 1. The van der Waals surface area contributed by atoms with Crippen LogP contribution in [0.2, 0.25) is 0 Å². The summed E-state index contributed by atoms with van der Waals surface area (Å²) in [5.74, 6) is 0.312. The largest absolute Gasteiger partial charge is 0.303 e. The van der Waals surface area contributed by atoms with Crippen molar-refractivity contribution in [2.75, 3.05) is 0 Å². The first-order valence-corrected chi connectivity index (χ1v) is 4.60. The van der Waals surface area contributed by atoms with E-state index in [0.717, 1.165) is 32.0 Å². The van der Waals surface area contributed by atoms with E-state index < -0.39 is 0 Å². The summed E-state index contributed by atoms with van der Waals surface area (Å²) in [5.41, 5.74) is -0.413. The topological polar surface area (TPSA) is 34.1 Å². The Morgan fingerprint density at radius 2 is 2.17 bits per heavy atom. The third kappa shape index (κ3) is 0.869. The molecule has 0 radical (unpaired) electrons. The molecule has 0 saturated heterocycles. The van der Waals surface area contributed by atoms with Gasteiger partial charge in [-0.15, -0.1) is 0 Å². The van der Waals surface area contributed by atoms with Crippen LogP contribution in [0.4, 0.5) is 0 Å². The number of carbonyl (C=O) groups excluding carboxylic acids is 2. The van der Waals surface area contributed by atoms with Crippen molar-refractivity contribution in [3.8, 4) is 0 Å². The lowest BCUT2D eigenvalue weighted by Crippen LogP contribution is -2.28. The molecule has 0 aromatic rings. The SMILES string of the molecule is CC12CCCC(C=O)(CC1=O)C2. The molecule has 2 heteroatoms. The number of hydrogen-bond donors (Lipinski definition) is 0.